The number of hydrogen-bond acceptors (Lipinski definition) is 3. The summed E-state index contributed by atoms with van der Waals surface area (Å²) in [5.74, 6) is 0. The summed E-state index contributed by atoms with van der Waals surface area (Å²) in [5.41, 5.74) is 2.32. The number of nitrogens with zero attached hydrogens (tertiary/aromatic N) is 1. The minimum Gasteiger partial charge on any atom is -0.317 e. The van der Waals surface area contributed by atoms with Gasteiger partial charge in [0.05, 0.1) is 10.7 Å². The summed E-state index contributed by atoms with van der Waals surface area (Å²) in [6, 6.07) is 8.53. The van der Waals surface area contributed by atoms with E-state index in [0.29, 0.717) is 6.04 Å². The zero-order chi connectivity index (χ0) is 12.5. The first-order chi connectivity index (χ1) is 8.78. The Hall–Kier alpha value is -0.900. The Morgan fingerprint density at radius 1 is 1.39 bits per heavy atom. The molecule has 0 spiro atoms. The highest BCUT2D eigenvalue weighted by atomic mass is 35.5. The van der Waals surface area contributed by atoms with Crippen LogP contribution in [0.3, 0.4) is 0 Å². The van der Waals surface area contributed by atoms with Gasteiger partial charge in [-0.15, -0.1) is 11.3 Å². The zero-order valence-electron chi connectivity index (χ0n) is 10.2. The van der Waals surface area contributed by atoms with Crippen LogP contribution in [0.4, 0.5) is 0 Å². The molecule has 1 aliphatic carbocycles. The minimum atomic E-state index is 0.594. The summed E-state index contributed by atoms with van der Waals surface area (Å²) in [5, 5.41) is 5.20. The van der Waals surface area contributed by atoms with Crippen LogP contribution in [0.5, 0.6) is 0 Å². The largest absolute Gasteiger partial charge is 0.317 e. The normalized spacial score (nSPS) is 18.7. The van der Waals surface area contributed by atoms with Gasteiger partial charge in [-0.25, -0.2) is 4.98 Å². The molecule has 1 atom stereocenters. The molecule has 3 rings (SSSR count). The molecule has 0 saturated carbocycles. The number of rotatable bonds is 2. The molecule has 0 aliphatic heterocycles. The van der Waals surface area contributed by atoms with E-state index < -0.39 is 0 Å². The fourth-order valence-corrected chi connectivity index (χ4v) is 3.88. The Balaban J connectivity index is 1.97. The van der Waals surface area contributed by atoms with Crippen molar-refractivity contribution in [2.24, 2.45) is 0 Å². The molecule has 94 valence electrons. The second-order valence-corrected chi connectivity index (χ2v) is 6.09. The van der Waals surface area contributed by atoms with Gasteiger partial charge in [-0.05, 0) is 32.4 Å². The summed E-state index contributed by atoms with van der Waals surface area (Å²) in [7, 11) is 2.03. The number of fused-ring (bicyclic) bond motifs is 1. The smallest absolute Gasteiger partial charge is 0.125 e. The predicted octanol–water partition coefficient (Wildman–Crippen LogP) is 3.54. The molecular formula is C14H15ClN2S. The predicted molar refractivity (Wildman–Crippen MR) is 77.4 cm³/mol. The first kappa shape index (κ1) is 12.2. The van der Waals surface area contributed by atoms with Gasteiger partial charge in [0.25, 0.3) is 0 Å². The van der Waals surface area contributed by atoms with Gasteiger partial charge in [0.1, 0.15) is 5.01 Å². The second kappa shape index (κ2) is 5.00. The maximum atomic E-state index is 6.23. The number of halogens is 1. The molecule has 2 nitrogen and oxygen atoms in total. The van der Waals surface area contributed by atoms with E-state index >= 15 is 0 Å². The van der Waals surface area contributed by atoms with Crippen LogP contribution in [-0.4, -0.2) is 18.1 Å². The molecule has 4 heteroatoms. The van der Waals surface area contributed by atoms with Gasteiger partial charge < -0.3 is 5.32 Å². The molecule has 1 unspecified atom stereocenters. The highest BCUT2D eigenvalue weighted by molar-refractivity contribution is 7.15. The SMILES string of the molecule is CNC1CCc2nc(-c3ccccc3Cl)sc2C1. The second-order valence-electron chi connectivity index (χ2n) is 4.60. The Bertz CT molecular complexity index is 565. The first-order valence-electron chi connectivity index (χ1n) is 6.18. The van der Waals surface area contributed by atoms with E-state index in [-0.39, 0.29) is 0 Å². The van der Waals surface area contributed by atoms with Crippen LogP contribution < -0.4 is 5.32 Å². The number of hydrogen-bond donors (Lipinski definition) is 1. The van der Waals surface area contributed by atoms with Crippen molar-refractivity contribution in [3.63, 3.8) is 0 Å². The number of aromatic nitrogens is 1. The zero-order valence-corrected chi connectivity index (χ0v) is 11.8. The van der Waals surface area contributed by atoms with Gasteiger partial charge in [0.2, 0.25) is 0 Å². The van der Waals surface area contributed by atoms with Crippen LogP contribution in [0, 0.1) is 0 Å². The van der Waals surface area contributed by atoms with Gasteiger partial charge in [0.15, 0.2) is 0 Å². The molecule has 0 amide bonds. The van der Waals surface area contributed by atoms with E-state index in [9.17, 15) is 0 Å². The Labute approximate surface area is 116 Å². The summed E-state index contributed by atoms with van der Waals surface area (Å²) < 4.78 is 0. The first-order valence-corrected chi connectivity index (χ1v) is 7.38. The molecule has 1 N–H and O–H groups in total. The molecule has 0 saturated heterocycles. The van der Waals surface area contributed by atoms with Crippen LogP contribution in [0.2, 0.25) is 5.02 Å². The van der Waals surface area contributed by atoms with E-state index in [1.807, 2.05) is 31.3 Å². The van der Waals surface area contributed by atoms with Crippen LogP contribution in [-0.2, 0) is 12.8 Å². The highest BCUT2D eigenvalue weighted by Gasteiger charge is 2.22. The van der Waals surface area contributed by atoms with Crippen LogP contribution in [0.25, 0.3) is 10.6 Å². The lowest BCUT2D eigenvalue weighted by Crippen LogP contribution is -2.30. The van der Waals surface area contributed by atoms with E-state index in [1.54, 1.807) is 11.3 Å². The third-order valence-electron chi connectivity index (χ3n) is 3.45. The summed E-state index contributed by atoms with van der Waals surface area (Å²) in [4.78, 5) is 6.17. The average molecular weight is 279 g/mol. The fourth-order valence-electron chi connectivity index (χ4n) is 2.37. The molecule has 1 aliphatic rings. The fraction of sp³-hybridized carbons (Fsp3) is 0.357. The lowest BCUT2D eigenvalue weighted by Gasteiger charge is -2.19. The number of nitrogens with one attached hydrogen (secondary N) is 1. The van der Waals surface area contributed by atoms with Crippen LogP contribution in [0.15, 0.2) is 24.3 Å². The van der Waals surface area contributed by atoms with Gasteiger partial charge >= 0.3 is 0 Å². The summed E-state index contributed by atoms with van der Waals surface area (Å²) in [6.07, 6.45) is 3.34. The van der Waals surface area contributed by atoms with Crippen molar-refractivity contribution in [3.8, 4) is 10.6 Å². The Morgan fingerprint density at radius 2 is 2.22 bits per heavy atom. The van der Waals surface area contributed by atoms with Gasteiger partial charge in [-0.2, -0.15) is 0 Å². The lowest BCUT2D eigenvalue weighted by atomic mass is 9.98. The van der Waals surface area contributed by atoms with Gasteiger partial charge in [0, 0.05) is 16.5 Å². The summed E-state index contributed by atoms with van der Waals surface area (Å²) >= 11 is 8.02. The van der Waals surface area contributed by atoms with E-state index in [1.165, 1.54) is 17.0 Å². The monoisotopic (exact) mass is 278 g/mol. The molecule has 0 fully saturated rings. The van der Waals surface area contributed by atoms with E-state index in [0.717, 1.165) is 28.4 Å². The van der Waals surface area contributed by atoms with Gasteiger partial charge in [-0.3, -0.25) is 0 Å². The molecule has 2 aromatic rings. The van der Waals surface area contributed by atoms with Crippen molar-refractivity contribution in [2.45, 2.75) is 25.3 Å². The maximum Gasteiger partial charge on any atom is 0.125 e. The highest BCUT2D eigenvalue weighted by Crippen LogP contribution is 2.35. The maximum absolute atomic E-state index is 6.23. The molecule has 1 aromatic heterocycles. The molecule has 1 aromatic carbocycles. The van der Waals surface area contributed by atoms with Crippen LogP contribution in [0.1, 0.15) is 17.0 Å². The van der Waals surface area contributed by atoms with Crippen molar-refractivity contribution in [2.75, 3.05) is 7.05 Å². The minimum absolute atomic E-state index is 0.594. The number of benzene rings is 1. The van der Waals surface area contributed by atoms with Crippen molar-refractivity contribution in [3.05, 3.63) is 39.9 Å². The van der Waals surface area contributed by atoms with Crippen molar-refractivity contribution in [1.82, 2.24) is 10.3 Å². The van der Waals surface area contributed by atoms with E-state index in [2.05, 4.69) is 5.32 Å². The molecule has 1 heterocycles. The van der Waals surface area contributed by atoms with Gasteiger partial charge in [-0.1, -0.05) is 29.8 Å². The summed E-state index contributed by atoms with van der Waals surface area (Å²) in [6.45, 7) is 0. The Morgan fingerprint density at radius 3 is 3.00 bits per heavy atom. The number of likely N-dealkylation sites (N-methyl/N-ethyl adjacent to an activating group) is 1. The molecule has 18 heavy (non-hydrogen) atoms. The third kappa shape index (κ3) is 2.18. The quantitative estimate of drug-likeness (QED) is 0.909. The average Bonchev–Trinajstić information content (AvgIpc) is 2.81. The standard InChI is InChI=1S/C14H15ClN2S/c1-16-9-6-7-12-13(8-9)18-14(17-12)10-4-2-3-5-11(10)15/h2-5,9,16H,6-8H2,1H3. The topological polar surface area (TPSA) is 24.9 Å². The molecule has 0 radical (unpaired) electrons. The van der Waals surface area contributed by atoms with Crippen molar-refractivity contribution in [1.29, 1.82) is 0 Å². The molecule has 0 bridgehead atoms. The van der Waals surface area contributed by atoms with Crippen molar-refractivity contribution >= 4 is 22.9 Å². The number of aryl methyl sites for hydroxylation is 1. The van der Waals surface area contributed by atoms with E-state index in [4.69, 9.17) is 16.6 Å². The lowest BCUT2D eigenvalue weighted by molar-refractivity contribution is 0.497. The molecular weight excluding hydrogens is 264 g/mol. The Kier molecular flexibility index (Phi) is 3.37. The third-order valence-corrected chi connectivity index (χ3v) is 4.93. The van der Waals surface area contributed by atoms with Crippen LogP contribution >= 0.6 is 22.9 Å². The van der Waals surface area contributed by atoms with Crippen molar-refractivity contribution < 1.29 is 0 Å². The number of thiazole rings is 1.